The van der Waals surface area contributed by atoms with Crippen LogP contribution in [0.15, 0.2) is 12.5 Å². The quantitative estimate of drug-likeness (QED) is 0.750. The lowest BCUT2D eigenvalue weighted by atomic mass is 9.86. The van der Waals surface area contributed by atoms with Gasteiger partial charge in [0.25, 0.3) is 12.4 Å². The number of likely N-dealkylation sites (N-methyl/N-ethyl adjacent to an activating group) is 1. The molecule has 1 aromatic rings. The number of nitrogens with one attached hydrogen (secondary N) is 1. The van der Waals surface area contributed by atoms with Crippen molar-refractivity contribution in [3.8, 4) is 0 Å². The Balaban J connectivity index is 0.000000816. The second-order valence-electron chi connectivity index (χ2n) is 6.10. The summed E-state index contributed by atoms with van der Waals surface area (Å²) in [4.78, 5) is 29.1. The van der Waals surface area contributed by atoms with E-state index in [1.54, 1.807) is 17.1 Å². The van der Waals surface area contributed by atoms with E-state index in [1.807, 2.05) is 7.05 Å². The summed E-state index contributed by atoms with van der Waals surface area (Å²) in [6, 6.07) is 0. The number of carbonyl (C=O) groups is 2. The number of imidazole rings is 1. The predicted octanol–water partition coefficient (Wildman–Crippen LogP) is -0.123. The van der Waals surface area contributed by atoms with Gasteiger partial charge in [-0.25, -0.2) is 4.98 Å². The van der Waals surface area contributed by atoms with Crippen molar-refractivity contribution in [1.29, 1.82) is 0 Å². The standard InChI is InChI=1S/C14H25N5O.CH2O2/c1-17(2)14(5-7-18(3)8-6-14)10-16-13(20)12-9-15-11-19(12)4;2-1-3/h9,11H,5-8,10H2,1-4H3,(H,16,20);1H,(H,2,3). The summed E-state index contributed by atoms with van der Waals surface area (Å²) in [5.41, 5.74) is 0.660. The van der Waals surface area contributed by atoms with E-state index in [-0.39, 0.29) is 17.9 Å². The molecule has 1 aromatic heterocycles. The lowest BCUT2D eigenvalue weighted by molar-refractivity contribution is -0.122. The summed E-state index contributed by atoms with van der Waals surface area (Å²) in [7, 11) is 8.18. The fourth-order valence-electron chi connectivity index (χ4n) is 2.73. The monoisotopic (exact) mass is 325 g/mol. The van der Waals surface area contributed by atoms with Gasteiger partial charge in [0.2, 0.25) is 0 Å². The second-order valence-corrected chi connectivity index (χ2v) is 6.10. The molecule has 1 fully saturated rings. The average molecular weight is 325 g/mol. The fraction of sp³-hybridized carbons (Fsp3) is 0.667. The molecule has 130 valence electrons. The number of hydrogen-bond donors (Lipinski definition) is 2. The van der Waals surface area contributed by atoms with E-state index in [4.69, 9.17) is 9.90 Å². The van der Waals surface area contributed by atoms with Crippen molar-refractivity contribution >= 4 is 12.4 Å². The number of carbonyl (C=O) groups excluding carboxylic acids is 1. The number of likely N-dealkylation sites (tertiary alicyclic amines) is 1. The highest BCUT2D eigenvalue weighted by Gasteiger charge is 2.36. The lowest BCUT2D eigenvalue weighted by Gasteiger charge is -2.45. The molecule has 0 aliphatic carbocycles. The van der Waals surface area contributed by atoms with Gasteiger partial charge >= 0.3 is 0 Å². The minimum absolute atomic E-state index is 0.0508. The summed E-state index contributed by atoms with van der Waals surface area (Å²) in [6.07, 6.45) is 5.39. The number of aryl methyl sites for hydroxylation is 1. The van der Waals surface area contributed by atoms with Crippen LogP contribution in [0.1, 0.15) is 23.3 Å². The highest BCUT2D eigenvalue weighted by molar-refractivity contribution is 5.92. The molecule has 0 aromatic carbocycles. The van der Waals surface area contributed by atoms with Crippen LogP contribution in [0.25, 0.3) is 0 Å². The van der Waals surface area contributed by atoms with Gasteiger partial charge in [0.05, 0.1) is 12.5 Å². The van der Waals surface area contributed by atoms with Crippen LogP contribution in [0.3, 0.4) is 0 Å². The molecule has 1 aliphatic heterocycles. The molecular formula is C15H27N5O3. The van der Waals surface area contributed by atoms with Gasteiger partial charge in [0, 0.05) is 19.1 Å². The highest BCUT2D eigenvalue weighted by atomic mass is 16.3. The Morgan fingerprint density at radius 2 is 2.00 bits per heavy atom. The summed E-state index contributed by atoms with van der Waals surface area (Å²) in [5.74, 6) is -0.0508. The van der Waals surface area contributed by atoms with E-state index >= 15 is 0 Å². The molecule has 2 rings (SSSR count). The number of piperidine rings is 1. The normalized spacial score (nSPS) is 17.3. The van der Waals surface area contributed by atoms with Crippen LogP contribution in [0.5, 0.6) is 0 Å². The molecule has 8 nitrogen and oxygen atoms in total. The van der Waals surface area contributed by atoms with Gasteiger partial charge in [-0.15, -0.1) is 0 Å². The van der Waals surface area contributed by atoms with Gasteiger partial charge in [-0.05, 0) is 47.1 Å². The van der Waals surface area contributed by atoms with Crippen LogP contribution in [0, 0.1) is 0 Å². The van der Waals surface area contributed by atoms with Gasteiger partial charge in [0.15, 0.2) is 0 Å². The Morgan fingerprint density at radius 3 is 2.43 bits per heavy atom. The van der Waals surface area contributed by atoms with Crippen molar-refractivity contribution in [2.45, 2.75) is 18.4 Å². The van der Waals surface area contributed by atoms with Gasteiger partial charge in [0.1, 0.15) is 5.69 Å². The second kappa shape index (κ2) is 8.64. The maximum absolute atomic E-state index is 12.2. The Morgan fingerprint density at radius 1 is 1.43 bits per heavy atom. The van der Waals surface area contributed by atoms with Crippen LogP contribution >= 0.6 is 0 Å². The zero-order valence-electron chi connectivity index (χ0n) is 14.3. The fourth-order valence-corrected chi connectivity index (χ4v) is 2.73. The van der Waals surface area contributed by atoms with E-state index in [0.29, 0.717) is 12.2 Å². The van der Waals surface area contributed by atoms with Gasteiger partial charge in [-0.3, -0.25) is 9.59 Å². The van der Waals surface area contributed by atoms with Crippen molar-refractivity contribution < 1.29 is 14.7 Å². The number of rotatable bonds is 4. The highest BCUT2D eigenvalue weighted by Crippen LogP contribution is 2.25. The minimum atomic E-state index is -0.250. The molecule has 0 bridgehead atoms. The first-order valence-corrected chi connectivity index (χ1v) is 7.54. The topological polar surface area (TPSA) is 90.7 Å². The molecule has 8 heteroatoms. The molecule has 0 spiro atoms. The molecule has 1 amide bonds. The predicted molar refractivity (Wildman–Crippen MR) is 87.4 cm³/mol. The van der Waals surface area contributed by atoms with Crippen molar-refractivity contribution in [2.24, 2.45) is 7.05 Å². The van der Waals surface area contributed by atoms with Crippen LogP contribution in [0.2, 0.25) is 0 Å². The third kappa shape index (κ3) is 5.04. The molecule has 2 heterocycles. The first-order valence-electron chi connectivity index (χ1n) is 7.54. The smallest absolute Gasteiger partial charge is 0.290 e. The summed E-state index contributed by atoms with van der Waals surface area (Å²) in [6.45, 7) is 2.57. The largest absolute Gasteiger partial charge is 0.483 e. The Labute approximate surface area is 137 Å². The van der Waals surface area contributed by atoms with Crippen LogP contribution in [-0.2, 0) is 11.8 Å². The summed E-state index contributed by atoms with van der Waals surface area (Å²) in [5, 5.41) is 9.96. The maximum atomic E-state index is 12.2. The van der Waals surface area contributed by atoms with Crippen molar-refractivity contribution in [2.75, 3.05) is 40.8 Å². The molecule has 0 atom stereocenters. The zero-order valence-corrected chi connectivity index (χ0v) is 14.3. The van der Waals surface area contributed by atoms with Crippen LogP contribution < -0.4 is 5.32 Å². The first-order chi connectivity index (χ1) is 10.9. The van der Waals surface area contributed by atoms with Crippen LogP contribution in [-0.4, -0.2) is 83.2 Å². The third-order valence-electron chi connectivity index (χ3n) is 4.49. The Hall–Kier alpha value is -1.93. The van der Waals surface area contributed by atoms with Crippen molar-refractivity contribution in [3.63, 3.8) is 0 Å². The van der Waals surface area contributed by atoms with Crippen LogP contribution in [0.4, 0.5) is 0 Å². The van der Waals surface area contributed by atoms with Gasteiger partial charge in [-0.1, -0.05) is 0 Å². The molecule has 23 heavy (non-hydrogen) atoms. The summed E-state index contributed by atoms with van der Waals surface area (Å²) >= 11 is 0. The first kappa shape index (κ1) is 19.1. The average Bonchev–Trinajstić information content (AvgIpc) is 2.93. The van der Waals surface area contributed by atoms with E-state index in [0.717, 1.165) is 25.9 Å². The molecule has 0 radical (unpaired) electrons. The van der Waals surface area contributed by atoms with Gasteiger partial charge < -0.3 is 24.8 Å². The van der Waals surface area contributed by atoms with Crippen molar-refractivity contribution in [3.05, 3.63) is 18.2 Å². The lowest BCUT2D eigenvalue weighted by Crippen LogP contribution is -2.58. The number of aromatic nitrogens is 2. The van der Waals surface area contributed by atoms with Gasteiger partial charge in [-0.2, -0.15) is 0 Å². The van der Waals surface area contributed by atoms with E-state index in [2.05, 4.69) is 41.2 Å². The summed E-state index contributed by atoms with van der Waals surface area (Å²) < 4.78 is 1.74. The Kier molecular flexibility index (Phi) is 7.18. The molecule has 2 N–H and O–H groups in total. The zero-order chi connectivity index (χ0) is 17.5. The molecular weight excluding hydrogens is 298 g/mol. The number of carboxylic acid groups (broad SMARTS) is 1. The van der Waals surface area contributed by atoms with E-state index in [1.165, 1.54) is 0 Å². The number of nitrogens with zero attached hydrogens (tertiary/aromatic N) is 4. The van der Waals surface area contributed by atoms with E-state index < -0.39 is 0 Å². The molecule has 1 saturated heterocycles. The number of amides is 1. The van der Waals surface area contributed by atoms with E-state index in [9.17, 15) is 4.79 Å². The third-order valence-corrected chi connectivity index (χ3v) is 4.49. The number of hydrogen-bond acceptors (Lipinski definition) is 5. The van der Waals surface area contributed by atoms with Crippen molar-refractivity contribution in [1.82, 2.24) is 24.7 Å². The SMILES string of the molecule is CN1CCC(CNC(=O)c2cncn2C)(N(C)C)CC1.O=CO. The minimum Gasteiger partial charge on any atom is -0.483 e. The molecule has 0 saturated carbocycles. The maximum Gasteiger partial charge on any atom is 0.290 e. The molecule has 0 unspecified atom stereocenters. The Bertz CT molecular complexity index is 507. The molecule has 1 aliphatic rings.